The van der Waals surface area contributed by atoms with Gasteiger partial charge in [-0.15, -0.1) is 0 Å². The Kier molecular flexibility index (Phi) is 7.12. The van der Waals surface area contributed by atoms with Crippen LogP contribution in [0, 0.1) is 10.1 Å². The first kappa shape index (κ1) is 25.6. The van der Waals surface area contributed by atoms with E-state index in [4.69, 9.17) is 5.73 Å². The lowest BCUT2D eigenvalue weighted by molar-refractivity contribution is -0.384. The summed E-state index contributed by atoms with van der Waals surface area (Å²) in [5, 5.41) is 13.9. The van der Waals surface area contributed by atoms with Crippen LogP contribution >= 0.6 is 0 Å². The van der Waals surface area contributed by atoms with Crippen molar-refractivity contribution in [1.82, 2.24) is 9.80 Å². The van der Waals surface area contributed by atoms with E-state index in [1.165, 1.54) is 12.1 Å². The van der Waals surface area contributed by atoms with Crippen molar-refractivity contribution in [2.24, 2.45) is 0 Å². The molecule has 1 fully saturated rings. The van der Waals surface area contributed by atoms with Gasteiger partial charge in [0, 0.05) is 43.0 Å². The lowest BCUT2D eigenvalue weighted by Gasteiger charge is -2.35. The van der Waals surface area contributed by atoms with Gasteiger partial charge in [0.15, 0.2) is 0 Å². The molecule has 1 aliphatic rings. The number of rotatable bonds is 8. The van der Waals surface area contributed by atoms with Crippen LogP contribution in [-0.4, -0.2) is 59.4 Å². The summed E-state index contributed by atoms with van der Waals surface area (Å²) in [6, 6.07) is 20.0. The second-order valence-electron chi connectivity index (χ2n) is 9.72. The highest BCUT2D eigenvalue weighted by Gasteiger charge is 2.47. The minimum Gasteiger partial charge on any atom is -0.397 e. The quantitative estimate of drug-likeness (QED) is 0.270. The molecule has 3 N–H and O–H groups in total. The summed E-state index contributed by atoms with van der Waals surface area (Å²) in [4.78, 5) is 42.3. The van der Waals surface area contributed by atoms with Gasteiger partial charge in [0.1, 0.15) is 0 Å². The number of nitro benzene ring substituents is 1. The van der Waals surface area contributed by atoms with Gasteiger partial charge in [-0.3, -0.25) is 19.8 Å². The number of hydrogen-bond acceptors (Lipinski definition) is 6. The minimum absolute atomic E-state index is 0.0272. The number of nitrogens with one attached hydrogen (secondary N) is 1. The van der Waals surface area contributed by atoms with E-state index >= 15 is 0 Å². The van der Waals surface area contributed by atoms with Crippen molar-refractivity contribution < 1.29 is 14.5 Å². The highest BCUT2D eigenvalue weighted by atomic mass is 16.6. The van der Waals surface area contributed by atoms with Gasteiger partial charge in [0.25, 0.3) is 11.6 Å². The van der Waals surface area contributed by atoms with E-state index < -0.39 is 10.5 Å². The molecule has 3 aromatic rings. The first-order valence-electron chi connectivity index (χ1n) is 11.8. The summed E-state index contributed by atoms with van der Waals surface area (Å²) in [6.07, 6.45) is 0. The fourth-order valence-corrected chi connectivity index (χ4v) is 4.78. The van der Waals surface area contributed by atoms with E-state index in [-0.39, 0.29) is 17.6 Å². The number of non-ortho nitro benzene ring substituents is 1. The van der Waals surface area contributed by atoms with Gasteiger partial charge >= 0.3 is 6.03 Å². The first-order valence-corrected chi connectivity index (χ1v) is 11.8. The molecule has 3 aromatic carbocycles. The molecule has 192 valence electrons. The molecule has 1 atom stereocenters. The molecular weight excluding hydrogens is 472 g/mol. The van der Waals surface area contributed by atoms with Gasteiger partial charge in [0.05, 0.1) is 21.8 Å². The molecule has 0 radical (unpaired) electrons. The Bertz CT molecular complexity index is 1310. The van der Waals surface area contributed by atoms with Crippen LogP contribution in [0.5, 0.6) is 0 Å². The monoisotopic (exact) mass is 502 g/mol. The second kappa shape index (κ2) is 10.3. The molecule has 0 aliphatic carbocycles. The molecule has 37 heavy (non-hydrogen) atoms. The SMILES string of the molecule is CN(C)CC1(C)CN(Cc2ccc(C(=O)Nc3ccccc3N)cc2)C(=O)N1c1ccc([N+](=O)[O-])cc1. The summed E-state index contributed by atoms with van der Waals surface area (Å²) < 4.78 is 0. The maximum atomic E-state index is 13.6. The van der Waals surface area contributed by atoms with Crippen LogP contribution in [-0.2, 0) is 6.54 Å². The van der Waals surface area contributed by atoms with Crippen molar-refractivity contribution in [3.63, 3.8) is 0 Å². The van der Waals surface area contributed by atoms with Crippen LogP contribution in [0.1, 0.15) is 22.8 Å². The molecular formula is C27H30N6O4. The number of nitrogens with zero attached hydrogens (tertiary/aromatic N) is 4. The average molecular weight is 503 g/mol. The number of carbonyl (C=O) groups is 2. The van der Waals surface area contributed by atoms with Gasteiger partial charge in [-0.25, -0.2) is 4.79 Å². The van der Waals surface area contributed by atoms with Crippen LogP contribution in [0.3, 0.4) is 0 Å². The van der Waals surface area contributed by atoms with Crippen LogP contribution in [0.4, 0.5) is 27.5 Å². The lowest BCUT2D eigenvalue weighted by Crippen LogP contribution is -2.51. The minimum atomic E-state index is -0.549. The van der Waals surface area contributed by atoms with E-state index in [0.29, 0.717) is 42.3 Å². The summed E-state index contributed by atoms with van der Waals surface area (Å²) >= 11 is 0. The van der Waals surface area contributed by atoms with E-state index in [9.17, 15) is 19.7 Å². The molecule has 0 bridgehead atoms. The third-order valence-electron chi connectivity index (χ3n) is 6.31. The zero-order chi connectivity index (χ0) is 26.7. The number of urea groups is 1. The molecule has 1 unspecified atom stereocenters. The van der Waals surface area contributed by atoms with Crippen molar-refractivity contribution in [1.29, 1.82) is 0 Å². The molecule has 0 aromatic heterocycles. The summed E-state index contributed by atoms with van der Waals surface area (Å²) in [7, 11) is 3.89. The highest BCUT2D eigenvalue weighted by molar-refractivity contribution is 6.05. The van der Waals surface area contributed by atoms with Gasteiger partial charge in [-0.2, -0.15) is 0 Å². The number of nitrogens with two attached hydrogens (primary N) is 1. The van der Waals surface area contributed by atoms with Gasteiger partial charge in [0.2, 0.25) is 0 Å². The Morgan fingerprint density at radius 3 is 2.32 bits per heavy atom. The van der Waals surface area contributed by atoms with Crippen LogP contribution in [0.15, 0.2) is 72.8 Å². The third kappa shape index (κ3) is 5.54. The Morgan fingerprint density at radius 1 is 1.08 bits per heavy atom. The number of anilines is 3. The second-order valence-corrected chi connectivity index (χ2v) is 9.72. The predicted octanol–water partition coefficient (Wildman–Crippen LogP) is 4.19. The van der Waals surface area contributed by atoms with Crippen LogP contribution in [0.25, 0.3) is 0 Å². The summed E-state index contributed by atoms with van der Waals surface area (Å²) in [5.74, 6) is -0.274. The van der Waals surface area contributed by atoms with Crippen molar-refractivity contribution >= 4 is 34.7 Å². The number of benzene rings is 3. The standard InChI is InChI=1S/C27H30N6O4/c1-27(17-30(2)3)18-31(26(35)32(27)21-12-14-22(15-13-21)33(36)37)16-19-8-10-20(11-9-19)25(34)29-24-7-5-4-6-23(24)28/h4-15H,16-18,28H2,1-3H3,(H,29,34). The number of para-hydroxylation sites is 2. The Labute approximate surface area is 215 Å². The van der Waals surface area contributed by atoms with Gasteiger partial charge in [-0.1, -0.05) is 24.3 Å². The maximum absolute atomic E-state index is 13.6. The van der Waals surface area contributed by atoms with Crippen molar-refractivity contribution in [2.75, 3.05) is 43.1 Å². The predicted molar refractivity (Wildman–Crippen MR) is 144 cm³/mol. The van der Waals surface area contributed by atoms with E-state index in [2.05, 4.69) is 5.32 Å². The van der Waals surface area contributed by atoms with Gasteiger partial charge < -0.3 is 20.9 Å². The van der Waals surface area contributed by atoms with Crippen molar-refractivity contribution in [2.45, 2.75) is 19.0 Å². The average Bonchev–Trinajstić information content (AvgIpc) is 3.09. The topological polar surface area (TPSA) is 125 Å². The van der Waals surface area contributed by atoms with Crippen molar-refractivity contribution in [3.8, 4) is 0 Å². The molecule has 4 rings (SSSR count). The molecule has 3 amide bonds. The molecule has 1 saturated heterocycles. The molecule has 0 saturated carbocycles. The molecule has 10 heteroatoms. The smallest absolute Gasteiger partial charge is 0.325 e. The first-order chi connectivity index (χ1) is 17.6. The Morgan fingerprint density at radius 2 is 1.73 bits per heavy atom. The number of likely N-dealkylation sites (N-methyl/N-ethyl adjacent to an activating group) is 1. The highest BCUT2D eigenvalue weighted by Crippen LogP contribution is 2.34. The summed E-state index contributed by atoms with van der Waals surface area (Å²) in [5.41, 5.74) is 8.33. The van der Waals surface area contributed by atoms with E-state index in [1.807, 2.05) is 38.1 Å². The molecule has 1 heterocycles. The Balaban J connectivity index is 1.51. The zero-order valence-electron chi connectivity index (χ0n) is 21.0. The van der Waals surface area contributed by atoms with Crippen LogP contribution in [0.2, 0.25) is 0 Å². The molecule has 10 nitrogen and oxygen atoms in total. The number of carbonyl (C=O) groups excluding carboxylic acids is 2. The molecule has 1 aliphatic heterocycles. The number of hydrogen-bond donors (Lipinski definition) is 2. The third-order valence-corrected chi connectivity index (χ3v) is 6.31. The summed E-state index contributed by atoms with van der Waals surface area (Å²) in [6.45, 7) is 3.44. The fourth-order valence-electron chi connectivity index (χ4n) is 4.78. The maximum Gasteiger partial charge on any atom is 0.325 e. The zero-order valence-corrected chi connectivity index (χ0v) is 21.0. The largest absolute Gasteiger partial charge is 0.397 e. The van der Waals surface area contributed by atoms with E-state index in [1.54, 1.807) is 58.3 Å². The molecule has 0 spiro atoms. The van der Waals surface area contributed by atoms with Gasteiger partial charge in [-0.05, 0) is 63.0 Å². The number of nitro groups is 1. The normalized spacial score (nSPS) is 17.4. The van der Waals surface area contributed by atoms with E-state index in [0.717, 1.165) is 5.56 Å². The van der Waals surface area contributed by atoms with Crippen LogP contribution < -0.4 is 16.0 Å². The Hall–Kier alpha value is -4.44. The van der Waals surface area contributed by atoms with Crippen molar-refractivity contribution in [3.05, 3.63) is 94.0 Å². The number of amides is 3. The lowest BCUT2D eigenvalue weighted by atomic mass is 10.00. The number of nitrogen functional groups attached to an aromatic ring is 1. The fraction of sp³-hybridized carbons (Fsp3) is 0.259.